The van der Waals surface area contributed by atoms with Crippen molar-refractivity contribution in [3.05, 3.63) is 89.5 Å². The van der Waals surface area contributed by atoms with Crippen molar-refractivity contribution in [1.29, 1.82) is 0 Å². The summed E-state index contributed by atoms with van der Waals surface area (Å²) in [4.78, 5) is 38.6. The van der Waals surface area contributed by atoms with Gasteiger partial charge in [-0.15, -0.1) is 0 Å². The summed E-state index contributed by atoms with van der Waals surface area (Å²) in [6, 6.07) is 10.9. The average molecular weight is 537 g/mol. The molecule has 3 aromatic rings. The quantitative estimate of drug-likeness (QED) is 0.225. The molecule has 1 aliphatic rings. The lowest BCUT2D eigenvalue weighted by Crippen LogP contribution is -2.63. The maximum Gasteiger partial charge on any atom is 0.416 e. The lowest BCUT2D eigenvalue weighted by Gasteiger charge is -2.30. The first-order valence-corrected chi connectivity index (χ1v) is 10.7. The third kappa shape index (κ3) is 5.48. The molecule has 1 heterocycles. The summed E-state index contributed by atoms with van der Waals surface area (Å²) in [5, 5.41) is 11.7. The van der Waals surface area contributed by atoms with E-state index in [0.717, 1.165) is 48.5 Å². The molecule has 14 heteroatoms. The summed E-state index contributed by atoms with van der Waals surface area (Å²) in [6.07, 6.45) is -9.16. The summed E-state index contributed by atoms with van der Waals surface area (Å²) in [5.41, 5.74) is -3.74. The van der Waals surface area contributed by atoms with Gasteiger partial charge in [0.15, 0.2) is 0 Å². The fraction of sp³-hybridized carbons (Fsp3) is 0.125. The molecule has 0 atom stereocenters. The minimum absolute atomic E-state index is 0.0356. The second-order valence-corrected chi connectivity index (χ2v) is 8.06. The first-order valence-electron chi connectivity index (χ1n) is 10.7. The smallest absolute Gasteiger partial charge is 0.322 e. The zero-order valence-electron chi connectivity index (χ0n) is 18.9. The van der Waals surface area contributed by atoms with Gasteiger partial charge in [0.25, 0.3) is 5.91 Å². The summed E-state index contributed by atoms with van der Waals surface area (Å²) >= 11 is 0. The predicted molar refractivity (Wildman–Crippen MR) is 124 cm³/mol. The van der Waals surface area contributed by atoms with Crippen LogP contribution in [0.3, 0.4) is 0 Å². The molecule has 5 amide bonds. The first-order chi connectivity index (χ1) is 17.8. The molecule has 0 unspecified atom stereocenters. The lowest BCUT2D eigenvalue weighted by molar-refractivity contribution is -0.138. The van der Waals surface area contributed by atoms with Crippen molar-refractivity contribution in [3.63, 3.8) is 0 Å². The predicted octanol–water partition coefficient (Wildman–Crippen LogP) is 5.47. The van der Waals surface area contributed by atoms with Gasteiger partial charge in [0.05, 0.1) is 11.1 Å². The van der Waals surface area contributed by atoms with Gasteiger partial charge >= 0.3 is 24.4 Å². The number of halogens is 6. The fourth-order valence-electron chi connectivity index (χ4n) is 3.69. The van der Waals surface area contributed by atoms with E-state index in [1.54, 1.807) is 6.07 Å². The highest BCUT2D eigenvalue weighted by molar-refractivity contribution is 6.10. The van der Waals surface area contributed by atoms with Crippen LogP contribution in [-0.4, -0.2) is 18.0 Å². The lowest BCUT2D eigenvalue weighted by atomic mass is 10.0. The Morgan fingerprint density at radius 2 is 1.08 bits per heavy atom. The summed E-state index contributed by atoms with van der Waals surface area (Å²) in [6.45, 7) is 0. The van der Waals surface area contributed by atoms with E-state index in [9.17, 15) is 40.7 Å². The SMILES string of the molecule is O=C(Nc1ccc(C(F)(F)F)cc1)NC1(NC(=O)Nc2ccc(C(F)(F)F)cc2)C(=O)Nc2ccccc21. The molecule has 0 saturated carbocycles. The third-order valence-corrected chi connectivity index (χ3v) is 5.46. The Labute approximate surface area is 210 Å². The number of urea groups is 2. The molecule has 8 nitrogen and oxygen atoms in total. The molecule has 38 heavy (non-hydrogen) atoms. The standard InChI is InChI=1S/C24H17F6N5O3/c25-23(26,27)13-5-9-15(10-6-13)31-20(37)34-22(17-3-1-2-4-18(17)33-19(22)36)35-21(38)32-16-11-7-14(8-12-16)24(28,29)30/h1-12H,(H,33,36)(H2,31,34,37)(H2,32,35,38). The highest BCUT2D eigenvalue weighted by Gasteiger charge is 2.49. The number of rotatable bonds is 4. The van der Waals surface area contributed by atoms with Gasteiger partial charge in [-0.25, -0.2) is 9.59 Å². The van der Waals surface area contributed by atoms with Crippen molar-refractivity contribution in [3.8, 4) is 0 Å². The first kappa shape index (κ1) is 26.3. The number of alkyl halides is 6. The molecule has 0 bridgehead atoms. The van der Waals surface area contributed by atoms with Crippen molar-refractivity contribution in [2.45, 2.75) is 18.0 Å². The normalized spacial score (nSPS) is 14.2. The van der Waals surface area contributed by atoms with Crippen LogP contribution in [0.2, 0.25) is 0 Å². The molecule has 1 aliphatic heterocycles. The molecular formula is C24H17F6N5O3. The van der Waals surface area contributed by atoms with Crippen LogP contribution in [0.5, 0.6) is 0 Å². The van der Waals surface area contributed by atoms with Gasteiger partial charge in [0, 0.05) is 22.6 Å². The van der Waals surface area contributed by atoms with Crippen molar-refractivity contribution >= 4 is 35.0 Å². The fourth-order valence-corrected chi connectivity index (χ4v) is 3.69. The number of carbonyl (C=O) groups excluding carboxylic acids is 3. The Balaban J connectivity index is 1.55. The largest absolute Gasteiger partial charge is 0.416 e. The number of hydrogen-bond acceptors (Lipinski definition) is 3. The van der Waals surface area contributed by atoms with Crippen LogP contribution in [0.15, 0.2) is 72.8 Å². The molecular weight excluding hydrogens is 520 g/mol. The van der Waals surface area contributed by atoms with Crippen molar-refractivity contribution in [2.24, 2.45) is 0 Å². The van der Waals surface area contributed by atoms with Gasteiger partial charge in [-0.2, -0.15) is 26.3 Å². The van der Waals surface area contributed by atoms with E-state index >= 15 is 0 Å². The Morgan fingerprint density at radius 3 is 1.50 bits per heavy atom. The molecule has 0 saturated heterocycles. The van der Waals surface area contributed by atoms with Crippen LogP contribution in [0, 0.1) is 0 Å². The average Bonchev–Trinajstić information content (AvgIpc) is 3.09. The van der Waals surface area contributed by atoms with E-state index in [1.807, 2.05) is 0 Å². The van der Waals surface area contributed by atoms with E-state index in [4.69, 9.17) is 0 Å². The summed E-state index contributed by atoms with van der Waals surface area (Å²) in [5.74, 6) is -0.871. The number of amides is 5. The molecule has 0 fully saturated rings. The number of carbonyl (C=O) groups is 3. The van der Waals surface area contributed by atoms with E-state index in [0.29, 0.717) is 0 Å². The molecule has 4 rings (SSSR count). The second kappa shape index (κ2) is 9.61. The van der Waals surface area contributed by atoms with E-state index < -0.39 is 47.1 Å². The molecule has 0 aromatic heterocycles. The third-order valence-electron chi connectivity index (χ3n) is 5.46. The van der Waals surface area contributed by atoms with Crippen LogP contribution in [0.25, 0.3) is 0 Å². The van der Waals surface area contributed by atoms with Gasteiger partial charge in [0.1, 0.15) is 0 Å². The van der Waals surface area contributed by atoms with Crippen LogP contribution in [-0.2, 0) is 22.8 Å². The number of hydrogen-bond donors (Lipinski definition) is 5. The van der Waals surface area contributed by atoms with Gasteiger partial charge < -0.3 is 26.6 Å². The number of benzene rings is 3. The Kier molecular flexibility index (Phi) is 6.65. The molecule has 198 valence electrons. The molecule has 5 N–H and O–H groups in total. The van der Waals surface area contributed by atoms with E-state index in [1.165, 1.54) is 18.2 Å². The maximum absolute atomic E-state index is 13.0. The molecule has 3 aromatic carbocycles. The van der Waals surface area contributed by atoms with Crippen LogP contribution >= 0.6 is 0 Å². The van der Waals surface area contributed by atoms with Gasteiger partial charge in [-0.05, 0) is 54.6 Å². The maximum atomic E-state index is 13.0. The van der Waals surface area contributed by atoms with E-state index in [2.05, 4.69) is 26.6 Å². The zero-order valence-corrected chi connectivity index (χ0v) is 18.9. The number of anilines is 3. The van der Waals surface area contributed by atoms with Crippen LogP contribution in [0.1, 0.15) is 16.7 Å². The van der Waals surface area contributed by atoms with Gasteiger partial charge in [-0.3, -0.25) is 4.79 Å². The minimum atomic E-state index is -4.58. The number of para-hydroxylation sites is 1. The Morgan fingerprint density at radius 1 is 0.658 bits per heavy atom. The van der Waals surface area contributed by atoms with Crippen LogP contribution in [0.4, 0.5) is 53.0 Å². The Bertz CT molecular complexity index is 1300. The van der Waals surface area contributed by atoms with Gasteiger partial charge in [-0.1, -0.05) is 18.2 Å². The van der Waals surface area contributed by atoms with Crippen molar-refractivity contribution in [2.75, 3.05) is 16.0 Å². The van der Waals surface area contributed by atoms with Crippen molar-refractivity contribution < 1.29 is 40.7 Å². The summed E-state index contributed by atoms with van der Waals surface area (Å²) < 4.78 is 76.8. The highest BCUT2D eigenvalue weighted by atomic mass is 19.4. The minimum Gasteiger partial charge on any atom is -0.322 e. The number of nitrogens with one attached hydrogen (secondary N) is 5. The molecule has 0 spiro atoms. The highest BCUT2D eigenvalue weighted by Crippen LogP contribution is 2.35. The topological polar surface area (TPSA) is 111 Å². The second-order valence-electron chi connectivity index (χ2n) is 8.06. The molecule has 0 aliphatic carbocycles. The van der Waals surface area contributed by atoms with Gasteiger partial charge in [0.2, 0.25) is 5.66 Å². The summed E-state index contributed by atoms with van der Waals surface area (Å²) in [7, 11) is 0. The van der Waals surface area contributed by atoms with Crippen LogP contribution < -0.4 is 26.6 Å². The number of fused-ring (bicyclic) bond motifs is 1. The zero-order chi connectivity index (χ0) is 27.7. The monoisotopic (exact) mass is 537 g/mol. The van der Waals surface area contributed by atoms with E-state index in [-0.39, 0.29) is 22.6 Å². The molecule has 0 radical (unpaired) electrons. The Hall–Kier alpha value is -4.75. The van der Waals surface area contributed by atoms with Crippen molar-refractivity contribution in [1.82, 2.24) is 10.6 Å².